The van der Waals surface area contributed by atoms with Gasteiger partial charge in [0.25, 0.3) is 8.32 Å². The summed E-state index contributed by atoms with van der Waals surface area (Å²) in [5.41, 5.74) is 6.41. The number of hydrogen-bond acceptors (Lipinski definition) is 18. The fourth-order valence-electron chi connectivity index (χ4n) is 15.2. The molecule has 18 nitrogen and oxygen atoms in total. The van der Waals surface area contributed by atoms with Crippen molar-refractivity contribution in [1.82, 2.24) is 0 Å². The quantitative estimate of drug-likeness (QED) is 0.0288. The Balaban J connectivity index is 0.868. The van der Waals surface area contributed by atoms with Gasteiger partial charge < -0.3 is 75.8 Å². The van der Waals surface area contributed by atoms with E-state index in [4.69, 9.17) is 70.7 Å². The third-order valence-electron chi connectivity index (χ3n) is 21.0. The zero-order chi connectivity index (χ0) is 79.7. The van der Waals surface area contributed by atoms with E-state index in [1.165, 1.54) is 0 Å². The van der Waals surface area contributed by atoms with Crippen LogP contribution in [0.5, 0.6) is 0 Å². The first-order chi connectivity index (χ1) is 56.9. The molecule has 3 saturated heterocycles. The highest BCUT2D eigenvalue weighted by molar-refractivity contribution is 6.99. The topological polar surface area (TPSA) is 193 Å². The summed E-state index contributed by atoms with van der Waals surface area (Å²) in [6, 6.07) is 106. The standard InChI is InChI=1S/C97H100O18Si/c1-97(2,3)116(78-55-33-13-34-56-78,79-57-35-14-36-58-79)109-68-82-85(104-62-72-43-21-7-22-44-72)88(107-65-75-49-27-10-28-50-75)91(114-93(99)77-53-31-12-32-54-77)96(112-82)115-89-86(105-63-73-45-23-8-24-46-73)84(103-61-71-41-19-6-20-42-71)81(110-94(89)100)67-108-95-90(113-92(98)76-51-29-11-30-52-76)87(106-64-74-47-25-9-26-48-74)83(102-60-70-39-17-5-18-40-70)80(111-95)66-101-59-69-37-15-4-16-38-69/h4-58,80-91,94-96,100H,59-68H2,1-3H3/t80-,81-,82+,83-,84+,85-,86-,87-,88+,89+,90-,91-,94+,95+,96+/m0/s1. The molecule has 3 fully saturated rings. The zero-order valence-corrected chi connectivity index (χ0v) is 66.4. The first kappa shape index (κ1) is 82.5. The van der Waals surface area contributed by atoms with Crippen LogP contribution in [-0.2, 0) is 117 Å². The molecule has 600 valence electrons. The van der Waals surface area contributed by atoms with Gasteiger partial charge in [0.05, 0.1) is 77.2 Å². The van der Waals surface area contributed by atoms with Crippen LogP contribution in [0.4, 0.5) is 0 Å². The van der Waals surface area contributed by atoms with E-state index in [0.717, 1.165) is 49.3 Å². The van der Waals surface area contributed by atoms with Crippen molar-refractivity contribution < 1.29 is 85.4 Å². The van der Waals surface area contributed by atoms with Crippen molar-refractivity contribution in [2.45, 2.75) is 164 Å². The molecule has 14 rings (SSSR count). The van der Waals surface area contributed by atoms with Crippen molar-refractivity contribution in [1.29, 1.82) is 0 Å². The van der Waals surface area contributed by atoms with Crippen molar-refractivity contribution >= 4 is 30.6 Å². The van der Waals surface area contributed by atoms with E-state index in [2.05, 4.69) is 45.0 Å². The van der Waals surface area contributed by atoms with E-state index in [1.54, 1.807) is 48.5 Å². The van der Waals surface area contributed by atoms with Crippen molar-refractivity contribution in [3.63, 3.8) is 0 Å². The molecule has 0 saturated carbocycles. The molecule has 0 amide bonds. The van der Waals surface area contributed by atoms with Crippen LogP contribution in [0.25, 0.3) is 0 Å². The van der Waals surface area contributed by atoms with E-state index in [9.17, 15) is 9.90 Å². The van der Waals surface area contributed by atoms with Crippen molar-refractivity contribution in [3.05, 3.63) is 384 Å². The summed E-state index contributed by atoms with van der Waals surface area (Å²) >= 11 is 0. The van der Waals surface area contributed by atoms with Crippen LogP contribution in [0.1, 0.15) is 80.4 Å². The van der Waals surface area contributed by atoms with Crippen LogP contribution < -0.4 is 10.4 Å². The van der Waals surface area contributed by atoms with Gasteiger partial charge in [-0.15, -0.1) is 0 Å². The molecule has 0 bridgehead atoms. The summed E-state index contributed by atoms with van der Waals surface area (Å²) in [4.78, 5) is 30.1. The fourth-order valence-corrected chi connectivity index (χ4v) is 19.7. The lowest BCUT2D eigenvalue weighted by atomic mass is 9.95. The Bertz CT molecular complexity index is 4650. The SMILES string of the molecule is CC(C)(C)[Si](OC[C@H]1O[C@H](O[C@@H]2[C@@H](OCc3ccccc3)[C@H](OCc3ccccc3)[C@H](CO[C@@H]3O[C@@H](COCc4ccccc4)[C@H](OCc4ccccc4)[C@H](OCc4ccccc4)[C@@H]3OC(=O)c3ccccc3)O[C@H]2O)[C@@H](OC(=O)c2ccccc2)[C@H](OCc2ccccc2)[C@H]1OCc1ccccc1)(c1ccccc1)c1ccccc1. The Morgan fingerprint density at radius 3 is 0.922 bits per heavy atom. The number of rotatable bonds is 36. The van der Waals surface area contributed by atoms with E-state index in [0.29, 0.717) is 0 Å². The maximum Gasteiger partial charge on any atom is 0.338 e. The lowest BCUT2D eigenvalue weighted by Crippen LogP contribution is -2.69. The maximum atomic E-state index is 15.2. The summed E-state index contributed by atoms with van der Waals surface area (Å²) in [5.74, 6) is -1.39. The second-order valence-corrected chi connectivity index (χ2v) is 34.4. The second kappa shape index (κ2) is 41.2. The minimum absolute atomic E-state index is 0.00200. The minimum Gasteiger partial charge on any atom is -0.450 e. The lowest BCUT2D eigenvalue weighted by Gasteiger charge is -2.50. The number of aliphatic hydroxyl groups is 1. The Morgan fingerprint density at radius 1 is 0.302 bits per heavy atom. The van der Waals surface area contributed by atoms with Crippen LogP contribution in [-0.4, -0.2) is 137 Å². The molecule has 19 heteroatoms. The van der Waals surface area contributed by atoms with Gasteiger partial charge in [-0.2, -0.15) is 0 Å². The number of carbonyl (C=O) groups excluding carboxylic acids is 2. The molecule has 3 aliphatic heterocycles. The average molecular weight is 1580 g/mol. The third-order valence-corrected chi connectivity index (χ3v) is 26.0. The van der Waals surface area contributed by atoms with Crippen molar-refractivity contribution in [2.75, 3.05) is 19.8 Å². The van der Waals surface area contributed by atoms with Gasteiger partial charge in [0.15, 0.2) is 31.1 Å². The van der Waals surface area contributed by atoms with Crippen LogP contribution >= 0.6 is 0 Å². The molecule has 1 N–H and O–H groups in total. The normalized spacial score (nSPS) is 23.6. The molecular formula is C97H100O18Si. The smallest absolute Gasteiger partial charge is 0.338 e. The largest absolute Gasteiger partial charge is 0.450 e. The molecule has 15 atom stereocenters. The van der Waals surface area contributed by atoms with Gasteiger partial charge in [0.2, 0.25) is 0 Å². The Hall–Kier alpha value is -9.98. The van der Waals surface area contributed by atoms with E-state index in [-0.39, 0.29) is 70.6 Å². The van der Waals surface area contributed by atoms with Gasteiger partial charge in [0.1, 0.15) is 61.0 Å². The van der Waals surface area contributed by atoms with Gasteiger partial charge in [-0.05, 0) is 78.6 Å². The molecule has 11 aromatic carbocycles. The van der Waals surface area contributed by atoms with Gasteiger partial charge in [0, 0.05) is 0 Å². The molecule has 0 spiro atoms. The van der Waals surface area contributed by atoms with Crippen LogP contribution in [0.3, 0.4) is 0 Å². The summed E-state index contributed by atoms with van der Waals surface area (Å²) < 4.78 is 107. The number of ether oxygens (including phenoxy) is 14. The van der Waals surface area contributed by atoms with Gasteiger partial charge in [-0.3, -0.25) is 0 Å². The summed E-state index contributed by atoms with van der Waals surface area (Å²) in [7, 11) is -3.39. The number of hydrogen-bond donors (Lipinski definition) is 1. The van der Waals surface area contributed by atoms with E-state index >= 15 is 4.79 Å². The molecule has 11 aromatic rings. The molecule has 0 radical (unpaired) electrons. The molecular weight excluding hydrogens is 1480 g/mol. The van der Waals surface area contributed by atoms with Gasteiger partial charge in [-0.1, -0.05) is 330 Å². The summed E-state index contributed by atoms with van der Waals surface area (Å²) in [5, 5.41) is 15.0. The fraction of sp³-hybridized carbons (Fsp3) is 0.299. The molecule has 0 aromatic heterocycles. The Kier molecular flexibility index (Phi) is 29.3. The number of aliphatic hydroxyl groups excluding tert-OH is 1. The van der Waals surface area contributed by atoms with E-state index in [1.807, 2.05) is 261 Å². The molecule has 0 unspecified atom stereocenters. The predicted molar refractivity (Wildman–Crippen MR) is 440 cm³/mol. The molecule has 116 heavy (non-hydrogen) atoms. The molecule has 0 aliphatic carbocycles. The van der Waals surface area contributed by atoms with Crippen LogP contribution in [0, 0.1) is 0 Å². The Labute approximate surface area is 680 Å². The average Bonchev–Trinajstić information content (AvgIpc) is 0.769. The van der Waals surface area contributed by atoms with Gasteiger partial charge >= 0.3 is 11.9 Å². The van der Waals surface area contributed by atoms with Crippen molar-refractivity contribution in [2.24, 2.45) is 0 Å². The third kappa shape index (κ3) is 21.6. The lowest BCUT2D eigenvalue weighted by molar-refractivity contribution is -0.377. The highest BCUT2D eigenvalue weighted by Crippen LogP contribution is 2.41. The van der Waals surface area contributed by atoms with Crippen LogP contribution in [0.2, 0.25) is 5.04 Å². The zero-order valence-electron chi connectivity index (χ0n) is 65.4. The Morgan fingerprint density at radius 2 is 0.578 bits per heavy atom. The van der Waals surface area contributed by atoms with Gasteiger partial charge in [-0.25, -0.2) is 9.59 Å². The summed E-state index contributed by atoms with van der Waals surface area (Å²) in [6.45, 7) is 6.61. The maximum absolute atomic E-state index is 15.2. The number of esters is 2. The van der Waals surface area contributed by atoms with Crippen LogP contribution in [0.15, 0.2) is 334 Å². The first-order valence-corrected chi connectivity index (χ1v) is 41.5. The summed E-state index contributed by atoms with van der Waals surface area (Å²) in [6.07, 6.45) is -19.3. The first-order valence-electron chi connectivity index (χ1n) is 39.6. The molecule has 3 aliphatic rings. The van der Waals surface area contributed by atoms with E-state index < -0.39 is 124 Å². The minimum atomic E-state index is -3.39. The predicted octanol–water partition coefficient (Wildman–Crippen LogP) is 15.3. The molecule has 3 heterocycles. The number of benzene rings is 11. The monoisotopic (exact) mass is 1580 g/mol. The highest BCUT2D eigenvalue weighted by Gasteiger charge is 2.58. The second-order valence-electron chi connectivity index (χ2n) is 30.1. The number of carbonyl (C=O) groups is 2. The highest BCUT2D eigenvalue weighted by atomic mass is 28.4. The van der Waals surface area contributed by atoms with Crippen molar-refractivity contribution in [3.8, 4) is 0 Å².